The van der Waals surface area contributed by atoms with Crippen molar-refractivity contribution >= 4 is 17.7 Å². The van der Waals surface area contributed by atoms with Gasteiger partial charge in [0.2, 0.25) is 17.7 Å². The second kappa shape index (κ2) is 8.81. The van der Waals surface area contributed by atoms with Crippen LogP contribution in [-0.2, 0) is 20.8 Å². The number of carbonyl (C=O) groups is 3. The van der Waals surface area contributed by atoms with Crippen LogP contribution in [0.3, 0.4) is 0 Å². The molecule has 0 fully saturated rings. The van der Waals surface area contributed by atoms with Gasteiger partial charge in [0.25, 0.3) is 0 Å². The van der Waals surface area contributed by atoms with Gasteiger partial charge in [0.1, 0.15) is 17.9 Å². The van der Waals surface area contributed by atoms with Gasteiger partial charge in [-0.05, 0) is 31.0 Å². The highest BCUT2D eigenvalue weighted by Gasteiger charge is 2.25. The van der Waals surface area contributed by atoms with Gasteiger partial charge in [-0.1, -0.05) is 17.7 Å². The van der Waals surface area contributed by atoms with Crippen LogP contribution < -0.4 is 16.4 Å². The van der Waals surface area contributed by atoms with Crippen molar-refractivity contribution in [3.8, 4) is 0 Å². The zero-order valence-electron chi connectivity index (χ0n) is 13.8. The molecule has 1 aromatic rings. The van der Waals surface area contributed by atoms with E-state index in [2.05, 4.69) is 17.2 Å². The van der Waals surface area contributed by atoms with E-state index >= 15 is 0 Å². The Labute approximate surface area is 140 Å². The summed E-state index contributed by atoms with van der Waals surface area (Å²) in [5.41, 5.74) is 6.50. The van der Waals surface area contributed by atoms with E-state index in [1.165, 1.54) is 25.1 Å². The van der Waals surface area contributed by atoms with E-state index in [4.69, 9.17) is 5.73 Å². The molecular formula is C17H22FN3O3. The Kier molecular flexibility index (Phi) is 7.10. The van der Waals surface area contributed by atoms with Crippen molar-refractivity contribution < 1.29 is 18.8 Å². The standard InChI is InChI=1S/C17H22FN3O3/c1-10(2)7-14(16(19)23)21-17(24)15(20-11(3)22)9-12-5-4-6-13(18)8-12/h4-6,8,14-15H,1,7,9H2,2-3H3,(H2,19,23)(H,20,22)(H,21,24)/t14-,15-/m1/s1. The van der Waals surface area contributed by atoms with Crippen molar-refractivity contribution in [1.82, 2.24) is 10.6 Å². The molecule has 0 heterocycles. The molecule has 1 aromatic carbocycles. The molecule has 0 aromatic heterocycles. The van der Waals surface area contributed by atoms with E-state index in [9.17, 15) is 18.8 Å². The number of hydrogen-bond acceptors (Lipinski definition) is 3. The van der Waals surface area contributed by atoms with E-state index in [-0.39, 0.29) is 12.8 Å². The Balaban J connectivity index is 2.89. The molecule has 6 nitrogen and oxygen atoms in total. The van der Waals surface area contributed by atoms with Gasteiger partial charge in [0.15, 0.2) is 0 Å². The summed E-state index contributed by atoms with van der Waals surface area (Å²) in [5.74, 6) is -2.12. The Morgan fingerprint density at radius 1 is 1.21 bits per heavy atom. The van der Waals surface area contributed by atoms with Gasteiger partial charge in [0.05, 0.1) is 0 Å². The number of rotatable bonds is 8. The van der Waals surface area contributed by atoms with Crippen LogP contribution in [0.4, 0.5) is 4.39 Å². The molecule has 0 radical (unpaired) electrons. The number of carbonyl (C=O) groups excluding carboxylic acids is 3. The summed E-state index contributed by atoms with van der Waals surface area (Å²) in [4.78, 5) is 35.2. The molecule has 24 heavy (non-hydrogen) atoms. The fraction of sp³-hybridized carbons (Fsp3) is 0.353. The fourth-order valence-corrected chi connectivity index (χ4v) is 2.20. The summed E-state index contributed by atoms with van der Waals surface area (Å²) in [7, 11) is 0. The smallest absolute Gasteiger partial charge is 0.243 e. The van der Waals surface area contributed by atoms with Gasteiger partial charge in [-0.25, -0.2) is 4.39 Å². The van der Waals surface area contributed by atoms with Gasteiger partial charge < -0.3 is 16.4 Å². The van der Waals surface area contributed by atoms with Crippen LogP contribution in [0.25, 0.3) is 0 Å². The van der Waals surface area contributed by atoms with Crippen LogP contribution in [0.5, 0.6) is 0 Å². The van der Waals surface area contributed by atoms with Crippen LogP contribution in [-0.4, -0.2) is 29.8 Å². The molecule has 0 bridgehead atoms. The van der Waals surface area contributed by atoms with Gasteiger partial charge in [-0.2, -0.15) is 0 Å². The lowest BCUT2D eigenvalue weighted by molar-refractivity contribution is -0.130. The Morgan fingerprint density at radius 3 is 2.38 bits per heavy atom. The average Bonchev–Trinajstić information content (AvgIpc) is 2.44. The molecule has 3 amide bonds. The zero-order valence-corrected chi connectivity index (χ0v) is 13.8. The molecular weight excluding hydrogens is 313 g/mol. The van der Waals surface area contributed by atoms with Gasteiger partial charge in [-0.15, -0.1) is 6.58 Å². The third-order valence-electron chi connectivity index (χ3n) is 3.24. The van der Waals surface area contributed by atoms with Crippen LogP contribution in [0.1, 0.15) is 25.8 Å². The first-order chi connectivity index (χ1) is 11.2. The lowest BCUT2D eigenvalue weighted by atomic mass is 10.0. The minimum atomic E-state index is -0.948. The molecule has 0 aliphatic heterocycles. The van der Waals surface area contributed by atoms with E-state index in [0.717, 1.165) is 0 Å². The predicted octanol–water partition coefficient (Wildman–Crippen LogP) is 0.809. The first kappa shape index (κ1) is 19.3. The minimum Gasteiger partial charge on any atom is -0.368 e. The highest BCUT2D eigenvalue weighted by atomic mass is 19.1. The van der Waals surface area contributed by atoms with Crippen molar-refractivity contribution in [2.45, 2.75) is 38.8 Å². The van der Waals surface area contributed by atoms with Crippen molar-refractivity contribution in [2.24, 2.45) is 5.73 Å². The molecule has 7 heteroatoms. The van der Waals surface area contributed by atoms with Crippen LogP contribution in [0.15, 0.2) is 36.4 Å². The van der Waals surface area contributed by atoms with Gasteiger partial charge in [0, 0.05) is 13.3 Å². The Bertz CT molecular complexity index is 646. The molecule has 0 saturated heterocycles. The first-order valence-corrected chi connectivity index (χ1v) is 7.44. The fourth-order valence-electron chi connectivity index (χ4n) is 2.20. The molecule has 1 rings (SSSR count). The normalized spacial score (nSPS) is 12.8. The summed E-state index contributed by atoms with van der Waals surface area (Å²) in [6.07, 6.45) is 0.287. The maximum absolute atomic E-state index is 13.3. The lowest BCUT2D eigenvalue weighted by Crippen LogP contribution is -2.53. The number of hydrogen-bond donors (Lipinski definition) is 3. The number of primary amides is 1. The quantitative estimate of drug-likeness (QED) is 0.613. The van der Waals surface area contributed by atoms with Crippen LogP contribution in [0.2, 0.25) is 0 Å². The van der Waals surface area contributed by atoms with E-state index in [1.54, 1.807) is 13.0 Å². The number of nitrogens with two attached hydrogens (primary N) is 1. The van der Waals surface area contributed by atoms with Crippen molar-refractivity contribution in [3.63, 3.8) is 0 Å². The summed E-state index contributed by atoms with van der Waals surface area (Å²) in [6, 6.07) is 3.86. The topological polar surface area (TPSA) is 101 Å². The first-order valence-electron chi connectivity index (χ1n) is 7.44. The summed E-state index contributed by atoms with van der Waals surface area (Å²) < 4.78 is 13.3. The summed E-state index contributed by atoms with van der Waals surface area (Å²) in [6.45, 7) is 6.66. The maximum Gasteiger partial charge on any atom is 0.243 e. The number of nitrogens with one attached hydrogen (secondary N) is 2. The summed E-state index contributed by atoms with van der Waals surface area (Å²) >= 11 is 0. The Morgan fingerprint density at radius 2 is 1.88 bits per heavy atom. The highest BCUT2D eigenvalue weighted by molar-refractivity contribution is 5.91. The van der Waals surface area contributed by atoms with Crippen molar-refractivity contribution in [3.05, 3.63) is 47.8 Å². The molecule has 4 N–H and O–H groups in total. The average molecular weight is 335 g/mol. The Hall–Kier alpha value is -2.70. The van der Waals surface area contributed by atoms with Crippen LogP contribution in [0, 0.1) is 5.82 Å². The predicted molar refractivity (Wildman–Crippen MR) is 88.3 cm³/mol. The van der Waals surface area contributed by atoms with Gasteiger partial charge >= 0.3 is 0 Å². The highest BCUT2D eigenvalue weighted by Crippen LogP contribution is 2.08. The molecule has 0 spiro atoms. The molecule has 0 aliphatic rings. The second-order valence-electron chi connectivity index (χ2n) is 5.71. The zero-order chi connectivity index (χ0) is 18.3. The van der Waals surface area contributed by atoms with E-state index in [1.807, 2.05) is 0 Å². The SMILES string of the molecule is C=C(C)C[C@@H](NC(=O)[C@@H](Cc1cccc(F)c1)NC(C)=O)C(N)=O. The largest absolute Gasteiger partial charge is 0.368 e. The van der Waals surface area contributed by atoms with E-state index in [0.29, 0.717) is 11.1 Å². The molecule has 0 saturated carbocycles. The van der Waals surface area contributed by atoms with Crippen molar-refractivity contribution in [1.29, 1.82) is 0 Å². The minimum absolute atomic E-state index is 0.0850. The molecule has 0 unspecified atom stereocenters. The van der Waals surface area contributed by atoms with Gasteiger partial charge in [-0.3, -0.25) is 14.4 Å². The third kappa shape index (κ3) is 6.60. The number of benzene rings is 1. The number of halogens is 1. The lowest BCUT2D eigenvalue weighted by Gasteiger charge is -2.21. The molecule has 130 valence electrons. The molecule has 0 aliphatic carbocycles. The second-order valence-corrected chi connectivity index (χ2v) is 5.71. The van der Waals surface area contributed by atoms with E-state index < -0.39 is 35.6 Å². The molecule has 2 atom stereocenters. The monoisotopic (exact) mass is 335 g/mol. The summed E-state index contributed by atoms with van der Waals surface area (Å²) in [5, 5.41) is 5.00. The number of amides is 3. The third-order valence-corrected chi connectivity index (χ3v) is 3.24. The maximum atomic E-state index is 13.3. The van der Waals surface area contributed by atoms with Crippen molar-refractivity contribution in [2.75, 3.05) is 0 Å². The van der Waals surface area contributed by atoms with Crippen LogP contribution >= 0.6 is 0 Å².